The number of rotatable bonds is 3. The second-order valence-corrected chi connectivity index (χ2v) is 8.98. The minimum Gasteiger partial charge on any atom is -0.372 e. The summed E-state index contributed by atoms with van der Waals surface area (Å²) in [5, 5.41) is 0. The third kappa shape index (κ3) is 3.77. The summed E-state index contributed by atoms with van der Waals surface area (Å²) in [6, 6.07) is 17.0. The van der Waals surface area contributed by atoms with Gasteiger partial charge in [-0.15, -0.1) is 0 Å². The van der Waals surface area contributed by atoms with Crippen LogP contribution >= 0.6 is 0 Å². The van der Waals surface area contributed by atoms with E-state index < -0.39 is 0 Å². The number of hydrogen-bond donors (Lipinski definition) is 0. The normalized spacial score (nSPS) is 23.0. The molecule has 0 aliphatic carbocycles. The summed E-state index contributed by atoms with van der Waals surface area (Å²) in [5.41, 5.74) is 5.39. The van der Waals surface area contributed by atoms with Gasteiger partial charge in [0, 0.05) is 31.0 Å². The van der Waals surface area contributed by atoms with Crippen molar-refractivity contribution >= 4 is 17.0 Å². The number of aromatic nitrogens is 4. The van der Waals surface area contributed by atoms with Crippen LogP contribution in [-0.2, 0) is 16.1 Å². The fraction of sp³-hybridized carbons (Fsp3) is 0.346. The molecule has 0 N–H and O–H groups in total. The Morgan fingerprint density at radius 2 is 1.67 bits per heavy atom. The van der Waals surface area contributed by atoms with Gasteiger partial charge < -0.3 is 18.9 Å². The highest BCUT2D eigenvalue weighted by Gasteiger charge is 2.26. The maximum Gasteiger partial charge on any atom is 0.225 e. The lowest BCUT2D eigenvalue weighted by molar-refractivity contribution is -0.00571. The van der Waals surface area contributed by atoms with E-state index in [0.29, 0.717) is 13.2 Å². The van der Waals surface area contributed by atoms with Crippen molar-refractivity contribution in [2.24, 2.45) is 0 Å². The van der Waals surface area contributed by atoms with Gasteiger partial charge in [0.05, 0.1) is 35.9 Å². The Morgan fingerprint density at radius 3 is 2.42 bits per heavy atom. The number of nitrogens with zero attached hydrogens (tertiary/aromatic N) is 5. The van der Waals surface area contributed by atoms with Crippen molar-refractivity contribution in [1.29, 1.82) is 0 Å². The fourth-order valence-corrected chi connectivity index (χ4v) is 5.00. The van der Waals surface area contributed by atoms with Crippen LogP contribution in [0.25, 0.3) is 22.2 Å². The van der Waals surface area contributed by atoms with E-state index in [2.05, 4.69) is 75.7 Å². The molecule has 168 valence electrons. The minimum absolute atomic E-state index is 0.110. The van der Waals surface area contributed by atoms with Gasteiger partial charge in [-0.05, 0) is 37.1 Å². The van der Waals surface area contributed by atoms with Crippen LogP contribution in [0.5, 0.6) is 0 Å². The predicted molar refractivity (Wildman–Crippen MR) is 127 cm³/mol. The van der Waals surface area contributed by atoms with Crippen molar-refractivity contribution < 1.29 is 9.47 Å². The quantitative estimate of drug-likeness (QED) is 0.474. The molecule has 2 aliphatic heterocycles. The van der Waals surface area contributed by atoms with Crippen LogP contribution in [0.3, 0.4) is 0 Å². The van der Waals surface area contributed by atoms with Crippen molar-refractivity contribution in [2.45, 2.75) is 38.7 Å². The highest BCUT2D eigenvalue weighted by Crippen LogP contribution is 2.32. The number of benzene rings is 2. The number of anilines is 1. The Bertz CT molecular complexity index is 1260. The number of ether oxygens (including phenoxy) is 2. The van der Waals surface area contributed by atoms with Gasteiger partial charge in [0.15, 0.2) is 0 Å². The van der Waals surface area contributed by atoms with Crippen LogP contribution in [-0.4, -0.2) is 51.4 Å². The molecule has 0 amide bonds. The summed E-state index contributed by atoms with van der Waals surface area (Å²) >= 11 is 0. The average Bonchev–Trinajstić information content (AvgIpc) is 3.22. The Morgan fingerprint density at radius 1 is 0.909 bits per heavy atom. The van der Waals surface area contributed by atoms with Crippen LogP contribution in [0.1, 0.15) is 31.3 Å². The lowest BCUT2D eigenvalue weighted by Gasteiger charge is -2.35. The molecular formula is C26H27N5O2. The van der Waals surface area contributed by atoms with Crippen molar-refractivity contribution in [2.75, 3.05) is 24.6 Å². The van der Waals surface area contributed by atoms with E-state index in [1.807, 2.05) is 18.5 Å². The standard InChI is InChI=1S/C26H27N5O2/c1-17-13-30(14-18(2)33-17)26-27-11-21(12-28-26)20-8-9-22-23(10-20)31-24(15-32-16-25(31)29-22)19-6-4-3-5-7-19/h3-12,17-18,24H,13-16H2,1-2H3/t17?,18?,24-/m1/s1. The van der Waals surface area contributed by atoms with Gasteiger partial charge in [-0.1, -0.05) is 36.4 Å². The predicted octanol–water partition coefficient (Wildman–Crippen LogP) is 4.23. The molecule has 2 unspecified atom stereocenters. The van der Waals surface area contributed by atoms with Gasteiger partial charge in [0.1, 0.15) is 12.4 Å². The van der Waals surface area contributed by atoms with E-state index in [4.69, 9.17) is 14.5 Å². The summed E-state index contributed by atoms with van der Waals surface area (Å²) in [5.74, 6) is 1.72. The molecule has 2 aromatic carbocycles. The molecule has 2 aliphatic rings. The van der Waals surface area contributed by atoms with Gasteiger partial charge in [-0.25, -0.2) is 15.0 Å². The zero-order valence-corrected chi connectivity index (χ0v) is 18.9. The number of fused-ring (bicyclic) bond motifs is 3. The van der Waals surface area contributed by atoms with E-state index in [1.54, 1.807) is 0 Å². The van der Waals surface area contributed by atoms with Gasteiger partial charge in [-0.2, -0.15) is 0 Å². The van der Waals surface area contributed by atoms with E-state index in [-0.39, 0.29) is 18.2 Å². The molecule has 4 heterocycles. The molecule has 1 fully saturated rings. The largest absolute Gasteiger partial charge is 0.372 e. The Labute approximate surface area is 193 Å². The molecule has 1 saturated heterocycles. The maximum absolute atomic E-state index is 5.88. The molecule has 0 saturated carbocycles. The van der Waals surface area contributed by atoms with E-state index in [9.17, 15) is 0 Å². The second-order valence-electron chi connectivity index (χ2n) is 8.98. The zero-order valence-electron chi connectivity index (χ0n) is 18.9. The van der Waals surface area contributed by atoms with Crippen molar-refractivity contribution in [3.8, 4) is 11.1 Å². The summed E-state index contributed by atoms with van der Waals surface area (Å²) < 4.78 is 14.0. The molecule has 2 aromatic heterocycles. The highest BCUT2D eigenvalue weighted by molar-refractivity contribution is 5.83. The first-order valence-corrected chi connectivity index (χ1v) is 11.5. The van der Waals surface area contributed by atoms with Crippen LogP contribution in [0.15, 0.2) is 60.9 Å². The maximum atomic E-state index is 5.88. The summed E-state index contributed by atoms with van der Waals surface area (Å²) in [6.07, 6.45) is 4.18. The van der Waals surface area contributed by atoms with Crippen molar-refractivity contribution in [1.82, 2.24) is 19.5 Å². The molecule has 3 atom stereocenters. The van der Waals surface area contributed by atoms with Crippen LogP contribution in [0.4, 0.5) is 5.95 Å². The molecule has 33 heavy (non-hydrogen) atoms. The molecule has 0 spiro atoms. The van der Waals surface area contributed by atoms with E-state index >= 15 is 0 Å². The van der Waals surface area contributed by atoms with E-state index in [1.165, 1.54) is 5.56 Å². The Kier molecular flexibility index (Phi) is 5.08. The monoisotopic (exact) mass is 441 g/mol. The topological polar surface area (TPSA) is 65.3 Å². The van der Waals surface area contributed by atoms with Crippen molar-refractivity contribution in [3.05, 3.63) is 72.3 Å². The first-order chi connectivity index (χ1) is 16.2. The molecule has 7 nitrogen and oxygen atoms in total. The molecule has 4 aromatic rings. The smallest absolute Gasteiger partial charge is 0.225 e. The first-order valence-electron chi connectivity index (χ1n) is 11.5. The SMILES string of the molecule is CC1CN(c2ncc(-c3ccc4nc5n(c4c3)[C@@H](c3ccccc3)COC5)cn2)CC(C)O1. The van der Waals surface area contributed by atoms with E-state index in [0.717, 1.165) is 47.0 Å². The third-order valence-corrected chi connectivity index (χ3v) is 6.44. The van der Waals surface area contributed by atoms with Gasteiger partial charge in [0.2, 0.25) is 5.95 Å². The van der Waals surface area contributed by atoms with Gasteiger partial charge >= 0.3 is 0 Å². The van der Waals surface area contributed by atoms with Gasteiger partial charge in [-0.3, -0.25) is 0 Å². The molecule has 7 heteroatoms. The molecule has 0 radical (unpaired) electrons. The third-order valence-electron chi connectivity index (χ3n) is 6.44. The van der Waals surface area contributed by atoms with Crippen LogP contribution in [0.2, 0.25) is 0 Å². The number of hydrogen-bond acceptors (Lipinski definition) is 6. The lowest BCUT2D eigenvalue weighted by Crippen LogP contribution is -2.46. The van der Waals surface area contributed by atoms with Crippen LogP contribution in [0, 0.1) is 0 Å². The average molecular weight is 442 g/mol. The lowest BCUT2D eigenvalue weighted by atomic mass is 10.1. The Hall–Kier alpha value is -3.29. The Balaban J connectivity index is 1.35. The first kappa shape index (κ1) is 20.3. The van der Waals surface area contributed by atoms with Crippen molar-refractivity contribution in [3.63, 3.8) is 0 Å². The van der Waals surface area contributed by atoms with Crippen LogP contribution < -0.4 is 4.90 Å². The highest BCUT2D eigenvalue weighted by atomic mass is 16.5. The fourth-order valence-electron chi connectivity index (χ4n) is 5.00. The summed E-state index contributed by atoms with van der Waals surface area (Å²) in [7, 11) is 0. The van der Waals surface area contributed by atoms with Gasteiger partial charge in [0.25, 0.3) is 0 Å². The summed E-state index contributed by atoms with van der Waals surface area (Å²) in [4.78, 5) is 16.4. The minimum atomic E-state index is 0.110. The number of morpholine rings is 1. The zero-order chi connectivity index (χ0) is 22.4. The number of imidazole rings is 1. The second kappa shape index (κ2) is 8.24. The molecular weight excluding hydrogens is 414 g/mol. The summed E-state index contributed by atoms with van der Waals surface area (Å²) in [6.45, 7) is 6.96. The molecule has 6 rings (SSSR count). The molecule has 0 bridgehead atoms.